The number of ether oxygens (including phenoxy) is 1. The molecule has 4 rings (SSSR count). The molecule has 6 nitrogen and oxygen atoms in total. The number of benzene rings is 1. The fraction of sp³-hybridized carbons (Fsp3) is 0.333. The minimum absolute atomic E-state index is 0.0248. The zero-order valence-corrected chi connectivity index (χ0v) is 19.7. The molecular weight excluding hydrogens is 458 g/mol. The number of nitrogens with zero attached hydrogens (tertiary/aromatic N) is 2. The van der Waals surface area contributed by atoms with Crippen LogP contribution in [0.1, 0.15) is 42.4 Å². The monoisotopic (exact) mass is 483 g/mol. The third-order valence-corrected chi connectivity index (χ3v) is 5.75. The van der Waals surface area contributed by atoms with Gasteiger partial charge in [0.05, 0.1) is 5.52 Å². The maximum absolute atomic E-state index is 13.3. The molecule has 0 saturated carbocycles. The van der Waals surface area contributed by atoms with Crippen molar-refractivity contribution in [1.82, 2.24) is 14.6 Å². The number of aromatic nitrogens is 1. The summed E-state index contributed by atoms with van der Waals surface area (Å²) in [7, 11) is 0. The zero-order valence-electron chi connectivity index (χ0n) is 18.2. The molecule has 1 aliphatic rings. The fourth-order valence-corrected chi connectivity index (χ4v) is 4.20. The predicted octanol–water partition coefficient (Wildman–Crippen LogP) is 5.16. The van der Waals surface area contributed by atoms with E-state index in [1.807, 2.05) is 49.6 Å². The highest BCUT2D eigenvalue weighted by Gasteiger charge is 2.34. The third-order valence-electron chi connectivity index (χ3n) is 5.22. The number of carbonyl (C=O) groups is 2. The molecule has 0 fully saturated rings. The highest BCUT2D eigenvalue weighted by atomic mass is 79.9. The molecule has 1 aromatic carbocycles. The molecule has 0 atom stereocenters. The number of aryl methyl sites for hydroxylation is 1. The van der Waals surface area contributed by atoms with E-state index in [-0.39, 0.29) is 5.91 Å². The van der Waals surface area contributed by atoms with Crippen molar-refractivity contribution < 1.29 is 14.3 Å². The zero-order chi connectivity index (χ0) is 22.3. The Morgan fingerprint density at radius 3 is 2.58 bits per heavy atom. The summed E-state index contributed by atoms with van der Waals surface area (Å²) < 4.78 is 8.27. The van der Waals surface area contributed by atoms with Gasteiger partial charge >= 0.3 is 6.09 Å². The lowest BCUT2D eigenvalue weighted by Gasteiger charge is -2.21. The molecule has 0 aliphatic carbocycles. The Kier molecular flexibility index (Phi) is 5.56. The molecule has 1 aliphatic heterocycles. The second-order valence-electron chi connectivity index (χ2n) is 8.82. The first-order chi connectivity index (χ1) is 14.6. The number of nitrogens with one attached hydrogen (secondary N) is 1. The summed E-state index contributed by atoms with van der Waals surface area (Å²) in [4.78, 5) is 26.9. The third kappa shape index (κ3) is 4.32. The standard InChI is InChI=1S/C24H26BrN3O3/c1-15-9-11-28-19(13-15)20(16-5-7-17(25)8-6-16)18-14-27(22(29)21(18)28)12-10-26-23(30)31-24(2,3)4/h5-9,11,13H,10,12,14H2,1-4H3,(H,26,30). The molecule has 31 heavy (non-hydrogen) atoms. The number of fused-ring (bicyclic) bond motifs is 3. The highest BCUT2D eigenvalue weighted by molar-refractivity contribution is 9.10. The molecule has 0 bridgehead atoms. The van der Waals surface area contributed by atoms with Crippen molar-refractivity contribution in [1.29, 1.82) is 0 Å². The van der Waals surface area contributed by atoms with Crippen molar-refractivity contribution in [3.8, 4) is 11.1 Å². The van der Waals surface area contributed by atoms with E-state index in [0.29, 0.717) is 25.3 Å². The number of amides is 2. The molecular formula is C24H26BrN3O3. The van der Waals surface area contributed by atoms with E-state index in [1.54, 1.807) is 4.90 Å². The number of halogens is 1. The quantitative estimate of drug-likeness (QED) is 0.557. The van der Waals surface area contributed by atoms with Gasteiger partial charge in [-0.1, -0.05) is 28.1 Å². The minimum Gasteiger partial charge on any atom is -0.444 e. The van der Waals surface area contributed by atoms with E-state index < -0.39 is 11.7 Å². The molecule has 3 heterocycles. The van der Waals surface area contributed by atoms with Crippen LogP contribution >= 0.6 is 15.9 Å². The summed E-state index contributed by atoms with van der Waals surface area (Å²) in [6.45, 7) is 8.78. The first-order valence-corrected chi connectivity index (χ1v) is 11.1. The maximum atomic E-state index is 13.3. The normalized spacial score (nSPS) is 13.6. The Morgan fingerprint density at radius 2 is 1.90 bits per heavy atom. The molecule has 1 N–H and O–H groups in total. The fourth-order valence-electron chi connectivity index (χ4n) is 3.94. The first kappa shape index (κ1) is 21.4. The topological polar surface area (TPSA) is 63.1 Å². The van der Waals surface area contributed by atoms with Crippen LogP contribution in [0.3, 0.4) is 0 Å². The van der Waals surface area contributed by atoms with E-state index >= 15 is 0 Å². The van der Waals surface area contributed by atoms with Gasteiger partial charge in [-0.3, -0.25) is 4.79 Å². The lowest BCUT2D eigenvalue weighted by atomic mass is 10.0. The van der Waals surface area contributed by atoms with Crippen LogP contribution in [0.4, 0.5) is 4.79 Å². The second-order valence-corrected chi connectivity index (χ2v) is 9.74. The van der Waals surface area contributed by atoms with Crippen molar-refractivity contribution in [2.75, 3.05) is 13.1 Å². The molecule has 2 amide bonds. The van der Waals surface area contributed by atoms with Crippen LogP contribution in [0.15, 0.2) is 47.1 Å². The lowest BCUT2D eigenvalue weighted by Crippen LogP contribution is -2.38. The van der Waals surface area contributed by atoms with Crippen LogP contribution in [0.25, 0.3) is 16.6 Å². The molecule has 0 unspecified atom stereocenters. The van der Waals surface area contributed by atoms with Crippen LogP contribution in [0.2, 0.25) is 0 Å². The highest BCUT2D eigenvalue weighted by Crippen LogP contribution is 2.39. The second kappa shape index (κ2) is 8.04. The van der Waals surface area contributed by atoms with E-state index in [4.69, 9.17) is 4.74 Å². The van der Waals surface area contributed by atoms with Gasteiger partial charge in [0.1, 0.15) is 11.3 Å². The Hall–Kier alpha value is -2.80. The van der Waals surface area contributed by atoms with Crippen LogP contribution in [-0.2, 0) is 11.3 Å². The summed E-state index contributed by atoms with van der Waals surface area (Å²) in [5.74, 6) is -0.0248. The van der Waals surface area contributed by atoms with E-state index in [2.05, 4.69) is 46.4 Å². The average molecular weight is 484 g/mol. The van der Waals surface area contributed by atoms with Crippen LogP contribution in [0.5, 0.6) is 0 Å². The molecule has 0 spiro atoms. The van der Waals surface area contributed by atoms with Crippen molar-refractivity contribution >= 4 is 33.4 Å². The molecule has 0 saturated heterocycles. The summed E-state index contributed by atoms with van der Waals surface area (Å²) >= 11 is 3.50. The number of alkyl carbamates (subject to hydrolysis) is 1. The Bertz CT molecular complexity index is 1160. The lowest BCUT2D eigenvalue weighted by molar-refractivity contribution is 0.0515. The molecule has 7 heteroatoms. The van der Waals surface area contributed by atoms with Gasteiger partial charge < -0.3 is 19.4 Å². The Balaban J connectivity index is 1.61. The van der Waals surface area contributed by atoms with Gasteiger partial charge in [0.15, 0.2) is 0 Å². The van der Waals surface area contributed by atoms with Crippen molar-refractivity contribution in [2.45, 2.75) is 39.8 Å². The SMILES string of the molecule is Cc1ccn2c3c(c(-c4ccc(Br)cc4)c2c1)CN(CCNC(=O)OC(C)(C)C)C3=O. The van der Waals surface area contributed by atoms with Crippen molar-refractivity contribution in [3.05, 3.63) is 63.9 Å². The van der Waals surface area contributed by atoms with Crippen molar-refractivity contribution in [3.63, 3.8) is 0 Å². The summed E-state index contributed by atoms with van der Waals surface area (Å²) in [6, 6.07) is 12.3. The number of hydrogen-bond donors (Lipinski definition) is 1. The van der Waals surface area contributed by atoms with Crippen molar-refractivity contribution in [2.24, 2.45) is 0 Å². The van der Waals surface area contributed by atoms with Gasteiger partial charge in [-0.2, -0.15) is 0 Å². The summed E-state index contributed by atoms with van der Waals surface area (Å²) in [6.07, 6.45) is 1.49. The van der Waals surface area contributed by atoms with Crippen LogP contribution < -0.4 is 5.32 Å². The molecule has 0 radical (unpaired) electrons. The van der Waals surface area contributed by atoms with Gasteiger partial charge in [0.2, 0.25) is 0 Å². The summed E-state index contributed by atoms with van der Waals surface area (Å²) in [5, 5.41) is 2.74. The van der Waals surface area contributed by atoms with Gasteiger partial charge in [-0.25, -0.2) is 4.79 Å². The smallest absolute Gasteiger partial charge is 0.407 e. The Labute approximate surface area is 190 Å². The Morgan fingerprint density at radius 1 is 1.19 bits per heavy atom. The van der Waals surface area contributed by atoms with Gasteiger partial charge in [0.25, 0.3) is 5.91 Å². The number of carbonyl (C=O) groups excluding carboxylic acids is 2. The molecule has 162 valence electrons. The molecule has 2 aromatic heterocycles. The average Bonchev–Trinajstić information content (AvgIpc) is 3.15. The van der Waals surface area contributed by atoms with Crippen LogP contribution in [0, 0.1) is 6.92 Å². The first-order valence-electron chi connectivity index (χ1n) is 10.3. The summed E-state index contributed by atoms with van der Waals surface area (Å²) in [5.41, 5.74) is 5.51. The number of pyridine rings is 1. The largest absolute Gasteiger partial charge is 0.444 e. The van der Waals surface area contributed by atoms with Crippen LogP contribution in [-0.4, -0.2) is 40.0 Å². The number of hydrogen-bond acceptors (Lipinski definition) is 3. The van der Waals surface area contributed by atoms with Gasteiger partial charge in [0, 0.05) is 41.4 Å². The predicted molar refractivity (Wildman–Crippen MR) is 124 cm³/mol. The minimum atomic E-state index is -0.552. The maximum Gasteiger partial charge on any atom is 0.407 e. The molecule has 3 aromatic rings. The van der Waals surface area contributed by atoms with Gasteiger partial charge in [-0.05, 0) is 63.1 Å². The van der Waals surface area contributed by atoms with E-state index in [0.717, 1.165) is 32.2 Å². The number of rotatable bonds is 4. The van der Waals surface area contributed by atoms with E-state index in [1.165, 1.54) is 0 Å². The van der Waals surface area contributed by atoms with Gasteiger partial charge in [-0.15, -0.1) is 0 Å². The van der Waals surface area contributed by atoms with E-state index in [9.17, 15) is 9.59 Å².